The van der Waals surface area contributed by atoms with Crippen LogP contribution in [-0.2, 0) is 4.79 Å². The third kappa shape index (κ3) is 3.84. The lowest BCUT2D eigenvalue weighted by Crippen LogP contribution is -2.43. The molecule has 1 aromatic rings. The Kier molecular flexibility index (Phi) is 4.99. The van der Waals surface area contributed by atoms with Gasteiger partial charge in [0.05, 0.1) is 6.10 Å². The molecule has 1 unspecified atom stereocenters. The Bertz CT molecular complexity index is 525. The van der Waals surface area contributed by atoms with E-state index >= 15 is 0 Å². The van der Waals surface area contributed by atoms with Gasteiger partial charge in [-0.05, 0) is 38.5 Å². The van der Waals surface area contributed by atoms with E-state index in [0.29, 0.717) is 30.8 Å². The highest BCUT2D eigenvalue weighted by molar-refractivity contribution is 5.96. The summed E-state index contributed by atoms with van der Waals surface area (Å²) in [6, 6.07) is 7.26. The molecule has 0 spiro atoms. The minimum Gasteiger partial charge on any atom is -0.491 e. The molecule has 0 aromatic heterocycles. The van der Waals surface area contributed by atoms with Gasteiger partial charge in [-0.25, -0.2) is 0 Å². The zero-order valence-electron chi connectivity index (χ0n) is 13.0. The van der Waals surface area contributed by atoms with Crippen molar-refractivity contribution in [1.82, 2.24) is 4.90 Å². The molecule has 1 saturated heterocycles. The Hall–Kier alpha value is -1.84. The molecule has 1 aliphatic heterocycles. The Morgan fingerprint density at radius 2 is 2.19 bits per heavy atom. The average Bonchev–Trinajstić information content (AvgIpc) is 2.46. The summed E-state index contributed by atoms with van der Waals surface area (Å²) in [5, 5.41) is 0. The smallest absolute Gasteiger partial charge is 0.254 e. The van der Waals surface area contributed by atoms with Gasteiger partial charge in [0.2, 0.25) is 0 Å². The number of benzene rings is 1. The van der Waals surface area contributed by atoms with Crippen LogP contribution in [0, 0.1) is 5.92 Å². The van der Waals surface area contributed by atoms with Crippen LogP contribution in [0.25, 0.3) is 0 Å². The van der Waals surface area contributed by atoms with Crippen LogP contribution in [0.3, 0.4) is 0 Å². The number of amides is 1. The van der Waals surface area contributed by atoms with Gasteiger partial charge in [0.15, 0.2) is 0 Å². The van der Waals surface area contributed by atoms with Crippen LogP contribution < -0.4 is 4.74 Å². The third-order valence-corrected chi connectivity index (χ3v) is 3.76. The molecule has 1 heterocycles. The van der Waals surface area contributed by atoms with E-state index < -0.39 is 0 Å². The Morgan fingerprint density at radius 1 is 1.43 bits per heavy atom. The lowest BCUT2D eigenvalue weighted by Gasteiger charge is -2.31. The molecule has 1 fully saturated rings. The third-order valence-electron chi connectivity index (χ3n) is 3.76. The maximum atomic E-state index is 12.6. The fraction of sp³-hybridized carbons (Fsp3) is 0.529. The van der Waals surface area contributed by atoms with Crippen molar-refractivity contribution >= 4 is 11.7 Å². The minimum absolute atomic E-state index is 0.0159. The molecule has 0 radical (unpaired) electrons. The van der Waals surface area contributed by atoms with Gasteiger partial charge < -0.3 is 9.64 Å². The number of carbonyl (C=O) groups is 2. The van der Waals surface area contributed by atoms with Crippen molar-refractivity contribution in [3.8, 4) is 5.75 Å². The second kappa shape index (κ2) is 6.74. The average molecular weight is 289 g/mol. The zero-order chi connectivity index (χ0) is 15.4. The standard InChI is InChI=1S/C17H23NO3/c1-4-13-11-18(9-8-16(13)19)17(20)14-6-5-7-15(10-14)21-12(2)3/h5-7,10,12-13H,4,8-9,11H2,1-3H3. The largest absolute Gasteiger partial charge is 0.491 e. The number of Topliss-reactive ketones (excluding diaryl/α,β-unsaturated/α-hetero) is 1. The summed E-state index contributed by atoms with van der Waals surface area (Å²) in [5.74, 6) is 0.947. The molecule has 1 aromatic carbocycles. The summed E-state index contributed by atoms with van der Waals surface area (Å²) in [6.07, 6.45) is 1.33. The van der Waals surface area contributed by atoms with Gasteiger partial charge in [-0.15, -0.1) is 0 Å². The number of rotatable bonds is 4. The fourth-order valence-corrected chi connectivity index (χ4v) is 2.61. The van der Waals surface area contributed by atoms with Crippen LogP contribution in [0.15, 0.2) is 24.3 Å². The first-order chi connectivity index (χ1) is 10.0. The van der Waals surface area contributed by atoms with Gasteiger partial charge in [-0.3, -0.25) is 9.59 Å². The summed E-state index contributed by atoms with van der Waals surface area (Å²) in [4.78, 5) is 26.1. The minimum atomic E-state index is -0.0184. The zero-order valence-corrected chi connectivity index (χ0v) is 13.0. The number of piperidine rings is 1. The van der Waals surface area contributed by atoms with Crippen molar-refractivity contribution in [2.45, 2.75) is 39.7 Å². The highest BCUT2D eigenvalue weighted by atomic mass is 16.5. The normalized spacial score (nSPS) is 19.0. The number of hydrogen-bond acceptors (Lipinski definition) is 3. The van der Waals surface area contributed by atoms with E-state index in [9.17, 15) is 9.59 Å². The van der Waals surface area contributed by atoms with Crippen LogP contribution in [0.4, 0.5) is 0 Å². The maximum Gasteiger partial charge on any atom is 0.254 e. The van der Waals surface area contributed by atoms with Gasteiger partial charge >= 0.3 is 0 Å². The molecule has 4 heteroatoms. The van der Waals surface area contributed by atoms with Gasteiger partial charge in [0, 0.05) is 31.0 Å². The van der Waals surface area contributed by atoms with Gasteiger partial charge in [-0.1, -0.05) is 13.0 Å². The molecule has 0 saturated carbocycles. The van der Waals surface area contributed by atoms with Gasteiger partial charge in [0.25, 0.3) is 5.91 Å². The molecule has 4 nitrogen and oxygen atoms in total. The highest BCUT2D eigenvalue weighted by Crippen LogP contribution is 2.21. The first-order valence-electron chi connectivity index (χ1n) is 7.60. The molecule has 0 aliphatic carbocycles. The van der Waals surface area contributed by atoms with E-state index in [2.05, 4.69) is 0 Å². The quantitative estimate of drug-likeness (QED) is 0.856. The molecule has 114 valence electrons. The lowest BCUT2D eigenvalue weighted by atomic mass is 9.93. The Morgan fingerprint density at radius 3 is 2.86 bits per heavy atom. The summed E-state index contributed by atoms with van der Waals surface area (Å²) >= 11 is 0. The predicted octanol–water partition coefficient (Wildman–Crippen LogP) is 2.92. The summed E-state index contributed by atoms with van der Waals surface area (Å²) in [7, 11) is 0. The van der Waals surface area contributed by atoms with Crippen molar-refractivity contribution < 1.29 is 14.3 Å². The topological polar surface area (TPSA) is 46.6 Å². The van der Waals surface area contributed by atoms with E-state index in [-0.39, 0.29) is 23.7 Å². The lowest BCUT2D eigenvalue weighted by molar-refractivity contribution is -0.125. The van der Waals surface area contributed by atoms with E-state index in [0.717, 1.165) is 6.42 Å². The van der Waals surface area contributed by atoms with Crippen LogP contribution >= 0.6 is 0 Å². The summed E-state index contributed by atoms with van der Waals surface area (Å²) in [5.41, 5.74) is 0.623. The fourth-order valence-electron chi connectivity index (χ4n) is 2.61. The molecule has 0 N–H and O–H groups in total. The number of nitrogens with zero attached hydrogens (tertiary/aromatic N) is 1. The van der Waals surface area contributed by atoms with Crippen LogP contribution in [-0.4, -0.2) is 35.8 Å². The van der Waals surface area contributed by atoms with Crippen molar-refractivity contribution in [3.05, 3.63) is 29.8 Å². The Balaban J connectivity index is 2.11. The number of ether oxygens (including phenoxy) is 1. The molecular formula is C17H23NO3. The van der Waals surface area contributed by atoms with Gasteiger partial charge in [0.1, 0.15) is 11.5 Å². The molecule has 1 aliphatic rings. The van der Waals surface area contributed by atoms with Crippen LogP contribution in [0.1, 0.15) is 44.0 Å². The molecule has 21 heavy (non-hydrogen) atoms. The van der Waals surface area contributed by atoms with E-state index in [1.165, 1.54) is 0 Å². The molecular weight excluding hydrogens is 266 g/mol. The van der Waals surface area contributed by atoms with Gasteiger partial charge in [-0.2, -0.15) is 0 Å². The molecule has 0 bridgehead atoms. The number of carbonyl (C=O) groups excluding carboxylic acids is 2. The number of ketones is 1. The second-order valence-corrected chi connectivity index (χ2v) is 5.77. The number of hydrogen-bond donors (Lipinski definition) is 0. The Labute approximate surface area is 126 Å². The van der Waals surface area contributed by atoms with Crippen LogP contribution in [0.2, 0.25) is 0 Å². The monoisotopic (exact) mass is 289 g/mol. The summed E-state index contributed by atoms with van der Waals surface area (Å²) in [6.45, 7) is 6.95. The van der Waals surface area contributed by atoms with E-state index in [1.54, 1.807) is 17.0 Å². The van der Waals surface area contributed by atoms with E-state index in [4.69, 9.17) is 4.74 Å². The SMILES string of the molecule is CCC1CN(C(=O)c2cccc(OC(C)C)c2)CCC1=O. The van der Waals surface area contributed by atoms with Crippen molar-refractivity contribution in [2.24, 2.45) is 5.92 Å². The molecule has 1 amide bonds. The first kappa shape index (κ1) is 15.5. The first-order valence-corrected chi connectivity index (χ1v) is 7.60. The highest BCUT2D eigenvalue weighted by Gasteiger charge is 2.29. The van der Waals surface area contributed by atoms with E-state index in [1.807, 2.05) is 32.9 Å². The van der Waals surface area contributed by atoms with Crippen molar-refractivity contribution in [3.63, 3.8) is 0 Å². The van der Waals surface area contributed by atoms with Crippen LogP contribution in [0.5, 0.6) is 5.75 Å². The second-order valence-electron chi connectivity index (χ2n) is 5.77. The summed E-state index contributed by atoms with van der Waals surface area (Å²) < 4.78 is 5.63. The predicted molar refractivity (Wildman–Crippen MR) is 81.5 cm³/mol. The molecule has 1 atom stereocenters. The van der Waals surface area contributed by atoms with Crippen molar-refractivity contribution in [1.29, 1.82) is 0 Å². The number of likely N-dealkylation sites (tertiary alicyclic amines) is 1. The maximum absolute atomic E-state index is 12.6. The molecule has 2 rings (SSSR count). The van der Waals surface area contributed by atoms with Crippen molar-refractivity contribution in [2.75, 3.05) is 13.1 Å².